The maximum atomic E-state index is 13.3. The third kappa shape index (κ3) is 19.5. The second kappa shape index (κ2) is 31.6. The molecule has 5 unspecified atom stereocenters. The van der Waals surface area contributed by atoms with Gasteiger partial charge in [0.05, 0.1) is 26.4 Å². The van der Waals surface area contributed by atoms with Gasteiger partial charge >= 0.3 is 10.4 Å². The first kappa shape index (κ1) is 64.6. The van der Waals surface area contributed by atoms with E-state index in [-0.39, 0.29) is 6.42 Å². The molecule has 0 radical (unpaired) electrons. The topological polar surface area (TPSA) is 427 Å². The summed E-state index contributed by atoms with van der Waals surface area (Å²) in [5, 5.41) is 109. The molecule has 4 heterocycles. The number of aliphatic hydroxyl groups excluding tert-OH is 9. The van der Waals surface area contributed by atoms with Crippen molar-refractivity contribution in [3.8, 4) is 0 Å². The summed E-state index contributed by atoms with van der Waals surface area (Å²) in [6, 6.07) is -6.57. The molecule has 436 valence electrons. The molecule has 0 aliphatic carbocycles. The number of aliphatic hydroxyl groups is 9. The summed E-state index contributed by atoms with van der Waals surface area (Å²) in [6.45, 7) is 1.43. The molecule has 0 bridgehead atoms. The van der Waals surface area contributed by atoms with Gasteiger partial charge in [0.2, 0.25) is 23.6 Å². The third-order valence-corrected chi connectivity index (χ3v) is 13.9. The van der Waals surface area contributed by atoms with Crippen LogP contribution in [0.5, 0.6) is 0 Å². The van der Waals surface area contributed by atoms with E-state index in [1.54, 1.807) is 0 Å². The van der Waals surface area contributed by atoms with E-state index >= 15 is 0 Å². The highest BCUT2D eigenvalue weighted by Crippen LogP contribution is 2.35. The van der Waals surface area contributed by atoms with Crippen LogP contribution < -0.4 is 21.3 Å². The molecule has 20 atom stereocenters. The Labute approximate surface area is 436 Å². The minimum atomic E-state index is -5.15. The number of hydrogen-bond acceptors (Lipinski definition) is 23. The summed E-state index contributed by atoms with van der Waals surface area (Å²) in [5.74, 6) is -2.90. The Hall–Kier alpha value is -2.89. The van der Waals surface area contributed by atoms with Gasteiger partial charge in [-0.3, -0.25) is 23.7 Å². The van der Waals surface area contributed by atoms with Gasteiger partial charge in [-0.15, -0.1) is 0 Å². The van der Waals surface area contributed by atoms with E-state index in [1.165, 1.54) is 44.9 Å². The Morgan fingerprint density at radius 2 is 0.827 bits per heavy atom. The number of ether oxygens (including phenoxy) is 7. The van der Waals surface area contributed by atoms with Crippen molar-refractivity contribution < 1.29 is 115 Å². The molecule has 0 saturated carbocycles. The highest BCUT2D eigenvalue weighted by molar-refractivity contribution is 7.80. The van der Waals surface area contributed by atoms with Gasteiger partial charge in [0.1, 0.15) is 97.4 Å². The number of carbonyl (C=O) groups is 4. The van der Waals surface area contributed by atoms with Crippen LogP contribution in [0.2, 0.25) is 0 Å². The number of hydrogen-bond donors (Lipinski definition) is 14. The van der Waals surface area contributed by atoms with Crippen LogP contribution in [-0.4, -0.2) is 232 Å². The molecule has 29 heteroatoms. The minimum Gasteiger partial charge on any atom is -0.394 e. The average Bonchev–Trinajstić information content (AvgIpc) is 3.34. The smallest absolute Gasteiger partial charge is 0.394 e. The molecule has 4 saturated heterocycles. The maximum Gasteiger partial charge on any atom is 0.397 e. The molecule has 14 N–H and O–H groups in total. The molecular formula is C46H82N4O24S. The molecule has 4 amide bonds. The normalized spacial score (nSPS) is 36.3. The number of amides is 4. The first-order valence-corrected chi connectivity index (χ1v) is 27.1. The Balaban J connectivity index is 1.49. The second-order valence-corrected chi connectivity index (χ2v) is 20.6. The molecular weight excluding hydrogens is 1020 g/mol. The van der Waals surface area contributed by atoms with E-state index in [9.17, 15) is 78.1 Å². The van der Waals surface area contributed by atoms with Gasteiger partial charge in [0.25, 0.3) is 0 Å². The van der Waals surface area contributed by atoms with Crippen LogP contribution in [0.1, 0.15) is 118 Å². The van der Waals surface area contributed by atoms with Crippen molar-refractivity contribution in [2.75, 3.05) is 26.4 Å². The number of nitrogens with one attached hydrogen (secondary N) is 4. The van der Waals surface area contributed by atoms with E-state index in [0.717, 1.165) is 52.9 Å². The van der Waals surface area contributed by atoms with Crippen LogP contribution in [0.3, 0.4) is 0 Å². The predicted molar refractivity (Wildman–Crippen MR) is 255 cm³/mol. The lowest BCUT2D eigenvalue weighted by Gasteiger charge is -2.51. The molecule has 4 aliphatic rings. The standard InChI is InChI=1S/C46H82N4O24S/c1-5-6-7-8-9-10-11-12-13-14-15-16-17-18-30(57)50-32-36(59)35(58)26(19-51)69-44(32)72-40-27(20-52)70-45(33(38(40)61)48-24(3)55)73-41-28(21-53)71-46(34(39(41)62)49-25(4)56)74-42-29(22-67-75(64,65)66)68-43(63)31(37(42)60)47-23(2)54/h26-29,31-46,51-53,58-63H,5-22H2,1-4H3,(H,47,54)(H,48,55)(H,49,56)(H,50,57)(H,64,65,66)/t26-,27-,28-,29-,31-,32+,33-,34-,35-,36?,37?,38?,39?,40-,41-,42-,43?,44+,45+,46+/m1/s1. The third-order valence-electron chi connectivity index (χ3n) is 13.5. The van der Waals surface area contributed by atoms with Crippen LogP contribution in [0.25, 0.3) is 0 Å². The number of rotatable bonds is 30. The zero-order valence-corrected chi connectivity index (χ0v) is 43.7. The van der Waals surface area contributed by atoms with Crippen molar-refractivity contribution in [3.63, 3.8) is 0 Å². The molecule has 4 fully saturated rings. The molecule has 4 aliphatic heterocycles. The molecule has 75 heavy (non-hydrogen) atoms. The number of carbonyl (C=O) groups excluding carboxylic acids is 4. The van der Waals surface area contributed by atoms with Crippen LogP contribution in [0.15, 0.2) is 0 Å². The van der Waals surface area contributed by atoms with Gasteiger partial charge in [-0.05, 0) is 6.42 Å². The fourth-order valence-corrected chi connectivity index (χ4v) is 9.94. The predicted octanol–water partition coefficient (Wildman–Crippen LogP) is -3.89. The summed E-state index contributed by atoms with van der Waals surface area (Å²) < 4.78 is 77.9. The Morgan fingerprint density at radius 3 is 1.23 bits per heavy atom. The lowest BCUT2D eigenvalue weighted by molar-refractivity contribution is -0.361. The summed E-state index contributed by atoms with van der Waals surface area (Å²) >= 11 is 0. The Bertz CT molecular complexity index is 1860. The SMILES string of the molecule is CCCCCCCCCCCCCCCC(=O)N[C@H]1C(O)[C@H](O)[C@@H](CO)O[C@H]1O[C@H]1C(O)[C@@H](NC(C)=O)[C@H](O[C@H]2C(O)[C@@H](NC(C)=O)[C@H](O[C@H]3C(O)[C@@H](NC(C)=O)C(O)O[C@@H]3COS(=O)(=O)O)O[C@@H]2CO)O[C@@H]1CO. The maximum absolute atomic E-state index is 13.3. The first-order valence-electron chi connectivity index (χ1n) is 25.8. The molecule has 28 nitrogen and oxygen atoms in total. The Morgan fingerprint density at radius 1 is 0.467 bits per heavy atom. The van der Waals surface area contributed by atoms with E-state index in [0.29, 0.717) is 6.42 Å². The quantitative estimate of drug-likeness (QED) is 0.0242. The largest absolute Gasteiger partial charge is 0.397 e. The van der Waals surface area contributed by atoms with Crippen molar-refractivity contribution in [2.45, 2.75) is 240 Å². The summed E-state index contributed by atoms with van der Waals surface area (Å²) in [7, 11) is -5.15. The lowest BCUT2D eigenvalue weighted by atomic mass is 9.93. The first-order chi connectivity index (χ1) is 35.5. The van der Waals surface area contributed by atoms with Crippen molar-refractivity contribution >= 4 is 34.0 Å². The van der Waals surface area contributed by atoms with Gasteiger partial charge in [0.15, 0.2) is 25.2 Å². The zero-order chi connectivity index (χ0) is 55.6. The van der Waals surface area contributed by atoms with Crippen LogP contribution >= 0.6 is 0 Å². The highest BCUT2D eigenvalue weighted by Gasteiger charge is 2.56. The van der Waals surface area contributed by atoms with Crippen molar-refractivity contribution in [1.29, 1.82) is 0 Å². The van der Waals surface area contributed by atoms with Crippen molar-refractivity contribution in [2.24, 2.45) is 0 Å². The fraction of sp³-hybridized carbons (Fsp3) is 0.913. The summed E-state index contributed by atoms with van der Waals surface area (Å²) in [4.78, 5) is 50.5. The zero-order valence-electron chi connectivity index (χ0n) is 42.9. The van der Waals surface area contributed by atoms with E-state index in [2.05, 4.69) is 32.4 Å². The van der Waals surface area contributed by atoms with Gasteiger partial charge in [-0.1, -0.05) is 84.0 Å². The molecule has 0 aromatic heterocycles. The van der Waals surface area contributed by atoms with Gasteiger partial charge in [-0.25, -0.2) is 4.18 Å². The van der Waals surface area contributed by atoms with E-state index in [4.69, 9.17) is 33.2 Å². The molecule has 0 aromatic carbocycles. The average molecular weight is 1110 g/mol. The van der Waals surface area contributed by atoms with Crippen LogP contribution in [-0.2, 0) is 66.9 Å². The van der Waals surface area contributed by atoms with Crippen molar-refractivity contribution in [3.05, 3.63) is 0 Å². The molecule has 0 spiro atoms. The van der Waals surface area contributed by atoms with Crippen molar-refractivity contribution in [1.82, 2.24) is 21.3 Å². The van der Waals surface area contributed by atoms with Crippen LogP contribution in [0.4, 0.5) is 0 Å². The summed E-state index contributed by atoms with van der Waals surface area (Å²) in [5.41, 5.74) is 0. The monoisotopic (exact) mass is 1110 g/mol. The minimum absolute atomic E-state index is 0.0409. The summed E-state index contributed by atoms with van der Waals surface area (Å²) in [6.07, 6.45) is -14.6. The molecule has 4 rings (SSSR count). The Kier molecular flexibility index (Phi) is 27.3. The van der Waals surface area contributed by atoms with E-state index < -0.39 is 183 Å². The fourth-order valence-electron chi connectivity index (χ4n) is 9.64. The number of unbranched alkanes of at least 4 members (excludes halogenated alkanes) is 12. The molecule has 0 aromatic rings. The van der Waals surface area contributed by atoms with Gasteiger partial charge < -0.3 is 100 Å². The second-order valence-electron chi connectivity index (χ2n) is 19.5. The lowest BCUT2D eigenvalue weighted by Crippen LogP contribution is -2.71. The van der Waals surface area contributed by atoms with Gasteiger partial charge in [0, 0.05) is 27.2 Å². The van der Waals surface area contributed by atoms with Crippen LogP contribution in [0, 0.1) is 0 Å². The highest BCUT2D eigenvalue weighted by atomic mass is 32.3. The van der Waals surface area contributed by atoms with E-state index in [1.807, 2.05) is 0 Å². The van der Waals surface area contributed by atoms with Gasteiger partial charge in [-0.2, -0.15) is 8.42 Å².